The zero-order valence-electron chi connectivity index (χ0n) is 16.8. The molecule has 13 heteroatoms. The number of nitrogens with one attached hydrogen (secondary N) is 2. The van der Waals surface area contributed by atoms with Crippen LogP contribution in [0.5, 0.6) is 0 Å². The maximum atomic E-state index is 13.8. The molecule has 180 valence electrons. The summed E-state index contributed by atoms with van der Waals surface area (Å²) in [4.78, 5) is 12.6. The van der Waals surface area contributed by atoms with Gasteiger partial charge < -0.3 is 10.6 Å². The fraction of sp³-hybridized carbons (Fsp3) is 0.238. The normalized spacial score (nSPS) is 18.2. The van der Waals surface area contributed by atoms with E-state index in [2.05, 4.69) is 15.7 Å². The van der Waals surface area contributed by atoms with Gasteiger partial charge in [0.25, 0.3) is 5.91 Å². The third kappa shape index (κ3) is 4.95. The van der Waals surface area contributed by atoms with E-state index in [9.17, 15) is 31.1 Å². The van der Waals surface area contributed by atoms with Gasteiger partial charge in [0.1, 0.15) is 5.82 Å². The third-order valence-electron chi connectivity index (χ3n) is 5.24. The molecule has 34 heavy (non-hydrogen) atoms. The number of amides is 1. The highest BCUT2D eigenvalue weighted by Crippen LogP contribution is 2.44. The summed E-state index contributed by atoms with van der Waals surface area (Å²) in [5.41, 5.74) is -1.29. The Kier molecular flexibility index (Phi) is 6.19. The van der Waals surface area contributed by atoms with E-state index in [0.717, 1.165) is 18.2 Å². The molecule has 1 aliphatic heterocycles. The van der Waals surface area contributed by atoms with Gasteiger partial charge in [-0.1, -0.05) is 35.3 Å². The molecule has 2 aromatic carbocycles. The van der Waals surface area contributed by atoms with Gasteiger partial charge in [-0.15, -0.1) is 0 Å². The van der Waals surface area contributed by atoms with E-state index in [4.69, 9.17) is 23.2 Å². The Bertz CT molecular complexity index is 1220. The molecule has 1 aliphatic rings. The number of alkyl halides is 6. The van der Waals surface area contributed by atoms with E-state index in [1.165, 1.54) is 0 Å². The summed E-state index contributed by atoms with van der Waals surface area (Å²) < 4.78 is 81.0. The Labute approximate surface area is 198 Å². The van der Waals surface area contributed by atoms with E-state index in [1.54, 1.807) is 24.3 Å². The highest BCUT2D eigenvalue weighted by Gasteiger charge is 2.46. The van der Waals surface area contributed by atoms with Crippen LogP contribution in [-0.4, -0.2) is 21.9 Å². The molecule has 0 unspecified atom stereocenters. The molecule has 1 aromatic heterocycles. The van der Waals surface area contributed by atoms with Crippen LogP contribution in [0.3, 0.4) is 0 Å². The lowest BCUT2D eigenvalue weighted by Gasteiger charge is -2.33. The maximum absolute atomic E-state index is 13.8. The van der Waals surface area contributed by atoms with E-state index in [0.29, 0.717) is 21.3 Å². The van der Waals surface area contributed by atoms with Crippen molar-refractivity contribution < 1.29 is 31.1 Å². The smallest absolute Gasteiger partial charge is 0.363 e. The fourth-order valence-corrected chi connectivity index (χ4v) is 3.87. The zero-order chi connectivity index (χ0) is 24.8. The molecular weight excluding hydrogens is 509 g/mol. The molecule has 0 radical (unpaired) electrons. The van der Waals surface area contributed by atoms with Crippen molar-refractivity contribution in [3.05, 3.63) is 75.4 Å². The molecule has 2 atom stereocenters. The first-order chi connectivity index (χ1) is 15.8. The molecule has 4 rings (SSSR count). The van der Waals surface area contributed by atoms with Crippen molar-refractivity contribution in [3.63, 3.8) is 0 Å². The van der Waals surface area contributed by atoms with Gasteiger partial charge in [0.05, 0.1) is 22.3 Å². The number of fused-ring (bicyclic) bond motifs is 1. The lowest BCUT2D eigenvalue weighted by Crippen LogP contribution is -2.35. The number of nitrogens with zero attached hydrogens (tertiary/aromatic N) is 2. The van der Waals surface area contributed by atoms with Crippen molar-refractivity contribution in [2.75, 3.05) is 10.6 Å². The predicted molar refractivity (Wildman–Crippen MR) is 114 cm³/mol. The van der Waals surface area contributed by atoms with Gasteiger partial charge in [-0.2, -0.15) is 31.4 Å². The van der Waals surface area contributed by atoms with E-state index in [1.807, 2.05) is 0 Å². The first-order valence-electron chi connectivity index (χ1n) is 9.69. The number of hydrogen-bond acceptors (Lipinski definition) is 3. The van der Waals surface area contributed by atoms with Gasteiger partial charge >= 0.3 is 12.4 Å². The third-order valence-corrected chi connectivity index (χ3v) is 5.82. The number of benzene rings is 2. The summed E-state index contributed by atoms with van der Waals surface area (Å²) in [7, 11) is 0. The summed E-state index contributed by atoms with van der Waals surface area (Å²) in [6, 6.07) is 6.89. The Morgan fingerprint density at radius 2 is 1.71 bits per heavy atom. The topological polar surface area (TPSA) is 59.0 Å². The average molecular weight is 523 g/mol. The van der Waals surface area contributed by atoms with Crippen LogP contribution in [0.2, 0.25) is 10.0 Å². The van der Waals surface area contributed by atoms with Crippen LogP contribution in [-0.2, 0) is 6.18 Å². The summed E-state index contributed by atoms with van der Waals surface area (Å²) in [5.74, 6) is -1.09. The van der Waals surface area contributed by atoms with Crippen molar-refractivity contribution in [1.29, 1.82) is 0 Å². The largest absolute Gasteiger partial charge is 0.416 e. The van der Waals surface area contributed by atoms with Crippen LogP contribution in [0.25, 0.3) is 0 Å². The number of carbonyl (C=O) groups excluding carboxylic acids is 1. The Morgan fingerprint density at radius 1 is 1.03 bits per heavy atom. The molecule has 0 fully saturated rings. The Hall–Kier alpha value is -2.92. The number of carbonyl (C=O) groups is 1. The molecule has 2 heterocycles. The van der Waals surface area contributed by atoms with Crippen molar-refractivity contribution >= 4 is 40.6 Å². The van der Waals surface area contributed by atoms with Crippen LogP contribution in [0.4, 0.5) is 37.8 Å². The second-order valence-electron chi connectivity index (χ2n) is 7.55. The first-order valence-corrected chi connectivity index (χ1v) is 10.4. The first kappa shape index (κ1) is 24.2. The van der Waals surface area contributed by atoms with Crippen LogP contribution < -0.4 is 10.6 Å². The van der Waals surface area contributed by atoms with Gasteiger partial charge in [-0.05, 0) is 35.9 Å². The summed E-state index contributed by atoms with van der Waals surface area (Å²) in [6.45, 7) is 0. The number of halogens is 8. The Morgan fingerprint density at radius 3 is 2.32 bits per heavy atom. The molecule has 1 amide bonds. The summed E-state index contributed by atoms with van der Waals surface area (Å²) in [5, 5.41) is 9.11. The highest BCUT2D eigenvalue weighted by molar-refractivity contribution is 6.34. The highest BCUT2D eigenvalue weighted by atomic mass is 35.5. The molecule has 5 nitrogen and oxygen atoms in total. The second kappa shape index (κ2) is 8.70. The Balaban J connectivity index is 1.64. The van der Waals surface area contributed by atoms with Crippen molar-refractivity contribution in [3.8, 4) is 0 Å². The summed E-state index contributed by atoms with van der Waals surface area (Å²) in [6.07, 6.45) is -9.76. The van der Waals surface area contributed by atoms with Crippen LogP contribution in [0.1, 0.15) is 40.1 Å². The lowest BCUT2D eigenvalue weighted by atomic mass is 9.97. The van der Waals surface area contributed by atoms with Gasteiger partial charge in [-0.3, -0.25) is 4.79 Å². The van der Waals surface area contributed by atoms with Gasteiger partial charge in [0.15, 0.2) is 11.7 Å². The van der Waals surface area contributed by atoms with E-state index < -0.39 is 48.0 Å². The minimum atomic E-state index is -4.68. The molecule has 2 N–H and O–H groups in total. The molecule has 3 aromatic rings. The predicted octanol–water partition coefficient (Wildman–Crippen LogP) is 7.12. The molecule has 0 spiro atoms. The van der Waals surface area contributed by atoms with Gasteiger partial charge in [-0.25, -0.2) is 4.68 Å². The summed E-state index contributed by atoms with van der Waals surface area (Å²) >= 11 is 11.7. The maximum Gasteiger partial charge on any atom is 0.416 e. The number of aromatic nitrogens is 2. The number of rotatable bonds is 3. The van der Waals surface area contributed by atoms with Gasteiger partial charge in [0, 0.05) is 17.5 Å². The number of anilines is 2. The molecule has 0 saturated carbocycles. The second-order valence-corrected chi connectivity index (χ2v) is 8.39. The molecule has 0 saturated heterocycles. The SMILES string of the molecule is O=C(Nc1cc(C(F)(F)F)ccc1Cl)c1cc2n(n1)[C@@H](C(F)(F)F)C[C@@H](c1ccc(Cl)cc1)N2. The van der Waals surface area contributed by atoms with Crippen LogP contribution >= 0.6 is 23.2 Å². The molecule has 0 aliphatic carbocycles. The fourth-order valence-electron chi connectivity index (χ4n) is 3.58. The van der Waals surface area contributed by atoms with Crippen LogP contribution in [0, 0.1) is 0 Å². The number of hydrogen-bond donors (Lipinski definition) is 2. The quantitative estimate of drug-likeness (QED) is 0.360. The van der Waals surface area contributed by atoms with E-state index in [-0.39, 0.29) is 16.5 Å². The van der Waals surface area contributed by atoms with Gasteiger partial charge in [0.2, 0.25) is 0 Å². The zero-order valence-corrected chi connectivity index (χ0v) is 18.3. The molecular formula is C21H14Cl2F6N4O. The van der Waals surface area contributed by atoms with Crippen molar-refractivity contribution in [1.82, 2.24) is 9.78 Å². The van der Waals surface area contributed by atoms with E-state index >= 15 is 0 Å². The standard InChI is InChI=1S/C21H14Cl2F6N4O/c22-12-4-1-10(2-5-12)14-8-17(21(27,28)29)33-18(30-14)9-16(32-33)19(34)31-15-7-11(20(24,25)26)3-6-13(15)23/h1-7,9,14,17,30H,8H2,(H,31,34)/t14-,17+/m0/s1. The van der Waals surface area contributed by atoms with Crippen molar-refractivity contribution in [2.24, 2.45) is 0 Å². The van der Waals surface area contributed by atoms with Crippen LogP contribution in [0.15, 0.2) is 48.5 Å². The minimum Gasteiger partial charge on any atom is -0.363 e. The minimum absolute atomic E-state index is 0.0752. The molecule has 0 bridgehead atoms. The average Bonchev–Trinajstić information content (AvgIpc) is 3.18. The van der Waals surface area contributed by atoms with Crippen molar-refractivity contribution in [2.45, 2.75) is 30.9 Å². The lowest BCUT2D eigenvalue weighted by molar-refractivity contribution is -0.173. The monoisotopic (exact) mass is 522 g/mol.